The number of nitrogens with two attached hydrogens (primary N) is 1. The summed E-state index contributed by atoms with van der Waals surface area (Å²) >= 11 is 0. The average molecular weight is 312 g/mol. The lowest BCUT2D eigenvalue weighted by Crippen LogP contribution is -2.32. The Morgan fingerprint density at radius 1 is 1.37 bits per heavy atom. The van der Waals surface area contributed by atoms with Gasteiger partial charge in [-0.2, -0.15) is 0 Å². The molecule has 1 heterocycles. The minimum absolute atomic E-state index is 0. The predicted octanol–water partition coefficient (Wildman–Crippen LogP) is 1.56. The first kappa shape index (κ1) is 19.0. The van der Waals surface area contributed by atoms with Gasteiger partial charge < -0.3 is 16.0 Å². The third-order valence-corrected chi connectivity index (χ3v) is 3.80. The van der Waals surface area contributed by atoms with Crippen LogP contribution in [0.1, 0.15) is 39.0 Å². The molecule has 0 bridgehead atoms. The third kappa shape index (κ3) is 6.80. The van der Waals surface area contributed by atoms with Gasteiger partial charge in [0.1, 0.15) is 0 Å². The summed E-state index contributed by atoms with van der Waals surface area (Å²) in [7, 11) is 0. The highest BCUT2D eigenvalue weighted by Crippen LogP contribution is 2.31. The van der Waals surface area contributed by atoms with Crippen LogP contribution in [0.25, 0.3) is 0 Å². The molecular weight excluding hydrogens is 285 g/mol. The Labute approximate surface area is 128 Å². The lowest BCUT2D eigenvalue weighted by Gasteiger charge is -2.15. The highest BCUT2D eigenvalue weighted by atomic mass is 35.5. The Morgan fingerprint density at radius 3 is 2.63 bits per heavy atom. The van der Waals surface area contributed by atoms with Gasteiger partial charge in [-0.3, -0.25) is 4.79 Å². The molecular formula is C13H27Cl2N3O. The maximum absolute atomic E-state index is 11.6. The first-order valence-electron chi connectivity index (χ1n) is 6.91. The number of nitrogens with zero attached hydrogens (tertiary/aromatic N) is 1. The lowest BCUT2D eigenvalue weighted by atomic mass is 10.1. The van der Waals surface area contributed by atoms with E-state index < -0.39 is 0 Å². The number of halogens is 2. The number of nitrogens with one attached hydrogen (secondary N) is 1. The molecule has 0 radical (unpaired) electrons. The second-order valence-electron chi connectivity index (χ2n) is 5.70. The molecule has 2 rings (SSSR count). The van der Waals surface area contributed by atoms with Crippen LogP contribution in [0, 0.1) is 5.92 Å². The zero-order valence-electron chi connectivity index (χ0n) is 11.6. The summed E-state index contributed by atoms with van der Waals surface area (Å²) in [5, 5.41) is 3.04. The van der Waals surface area contributed by atoms with Gasteiger partial charge >= 0.3 is 0 Å². The smallest absolute Gasteiger partial charge is 0.220 e. The monoisotopic (exact) mass is 311 g/mol. The molecule has 1 aliphatic carbocycles. The molecule has 1 saturated carbocycles. The van der Waals surface area contributed by atoms with E-state index in [0.717, 1.165) is 19.0 Å². The van der Waals surface area contributed by atoms with Crippen molar-refractivity contribution >= 4 is 30.7 Å². The van der Waals surface area contributed by atoms with E-state index in [9.17, 15) is 4.79 Å². The lowest BCUT2D eigenvalue weighted by molar-refractivity contribution is -0.121. The van der Waals surface area contributed by atoms with Crippen molar-refractivity contribution in [3.63, 3.8) is 0 Å². The van der Waals surface area contributed by atoms with Gasteiger partial charge in [0.2, 0.25) is 5.91 Å². The van der Waals surface area contributed by atoms with Crippen LogP contribution >= 0.6 is 24.8 Å². The molecule has 2 unspecified atom stereocenters. The number of carbonyl (C=O) groups is 1. The number of likely N-dealkylation sites (tertiary alicyclic amines) is 1. The Bertz CT molecular complexity index is 273. The molecule has 0 aromatic rings. The molecule has 2 fully saturated rings. The molecule has 4 nitrogen and oxygen atoms in total. The molecule has 1 saturated heterocycles. The minimum Gasteiger partial charge on any atom is -0.356 e. The molecule has 3 N–H and O–H groups in total. The number of amides is 1. The first-order chi connectivity index (χ1) is 8.15. The summed E-state index contributed by atoms with van der Waals surface area (Å²) in [6.07, 6.45) is 5.35. The van der Waals surface area contributed by atoms with Crippen molar-refractivity contribution in [3.8, 4) is 0 Å². The van der Waals surface area contributed by atoms with Crippen LogP contribution in [-0.2, 0) is 4.79 Å². The minimum atomic E-state index is 0. The second kappa shape index (κ2) is 9.01. The molecule has 0 aromatic heterocycles. The van der Waals surface area contributed by atoms with Crippen LogP contribution in [0.15, 0.2) is 0 Å². The van der Waals surface area contributed by atoms with Crippen LogP contribution in [0.4, 0.5) is 0 Å². The maximum Gasteiger partial charge on any atom is 0.220 e. The highest BCUT2D eigenvalue weighted by molar-refractivity contribution is 5.85. The standard InChI is InChI=1S/C13H25N3O.2ClH/c1-10(14)2-5-13(17)15-8-11-6-7-16(9-11)12-3-4-12;;/h10-12H,2-9,14H2,1H3,(H,15,17);2*1H. The molecule has 114 valence electrons. The van der Waals surface area contributed by atoms with Gasteiger partial charge in [-0.25, -0.2) is 0 Å². The van der Waals surface area contributed by atoms with Crippen molar-refractivity contribution < 1.29 is 4.79 Å². The van der Waals surface area contributed by atoms with Gasteiger partial charge in [0.25, 0.3) is 0 Å². The number of rotatable bonds is 6. The van der Waals surface area contributed by atoms with Crippen molar-refractivity contribution in [1.29, 1.82) is 0 Å². The predicted molar refractivity (Wildman–Crippen MR) is 83.1 cm³/mol. The van der Waals surface area contributed by atoms with E-state index in [0.29, 0.717) is 12.3 Å². The molecule has 1 amide bonds. The fraction of sp³-hybridized carbons (Fsp3) is 0.923. The van der Waals surface area contributed by atoms with E-state index in [1.807, 2.05) is 6.92 Å². The number of hydrogen-bond donors (Lipinski definition) is 2. The van der Waals surface area contributed by atoms with E-state index in [1.165, 1.54) is 32.4 Å². The largest absolute Gasteiger partial charge is 0.356 e. The fourth-order valence-corrected chi connectivity index (χ4v) is 2.51. The van der Waals surface area contributed by atoms with Crippen molar-refractivity contribution in [3.05, 3.63) is 0 Å². The van der Waals surface area contributed by atoms with E-state index >= 15 is 0 Å². The summed E-state index contributed by atoms with van der Waals surface area (Å²) in [6.45, 7) is 5.20. The van der Waals surface area contributed by atoms with Gasteiger partial charge in [0.05, 0.1) is 0 Å². The number of carbonyl (C=O) groups excluding carboxylic acids is 1. The van der Waals surface area contributed by atoms with Gasteiger partial charge in [-0.05, 0) is 45.1 Å². The Morgan fingerprint density at radius 2 is 2.05 bits per heavy atom. The van der Waals surface area contributed by atoms with Crippen LogP contribution in [-0.4, -0.2) is 42.5 Å². The quantitative estimate of drug-likeness (QED) is 0.782. The SMILES string of the molecule is CC(N)CCC(=O)NCC1CCN(C2CC2)C1.Cl.Cl. The molecule has 2 atom stereocenters. The van der Waals surface area contributed by atoms with E-state index in [2.05, 4.69) is 10.2 Å². The van der Waals surface area contributed by atoms with E-state index in [-0.39, 0.29) is 36.8 Å². The summed E-state index contributed by atoms with van der Waals surface area (Å²) in [5.41, 5.74) is 5.63. The summed E-state index contributed by atoms with van der Waals surface area (Å²) in [6, 6.07) is 0.992. The summed E-state index contributed by atoms with van der Waals surface area (Å²) in [4.78, 5) is 14.1. The fourth-order valence-electron chi connectivity index (χ4n) is 2.51. The Kier molecular flexibility index (Phi) is 8.99. The zero-order chi connectivity index (χ0) is 12.3. The third-order valence-electron chi connectivity index (χ3n) is 3.80. The van der Waals surface area contributed by atoms with Crippen molar-refractivity contribution in [2.75, 3.05) is 19.6 Å². The van der Waals surface area contributed by atoms with Crippen LogP contribution in [0.5, 0.6) is 0 Å². The van der Waals surface area contributed by atoms with Gasteiger partial charge in [-0.15, -0.1) is 24.8 Å². The second-order valence-corrected chi connectivity index (χ2v) is 5.70. The maximum atomic E-state index is 11.6. The van der Waals surface area contributed by atoms with Crippen LogP contribution in [0.3, 0.4) is 0 Å². The highest BCUT2D eigenvalue weighted by Gasteiger charge is 2.34. The molecule has 0 spiro atoms. The van der Waals surface area contributed by atoms with E-state index in [1.54, 1.807) is 0 Å². The van der Waals surface area contributed by atoms with Crippen molar-refractivity contribution in [2.45, 2.75) is 51.1 Å². The zero-order valence-corrected chi connectivity index (χ0v) is 13.3. The van der Waals surface area contributed by atoms with Crippen molar-refractivity contribution in [1.82, 2.24) is 10.2 Å². The normalized spacial score (nSPS) is 24.2. The van der Waals surface area contributed by atoms with Crippen LogP contribution < -0.4 is 11.1 Å². The molecule has 1 aliphatic heterocycles. The Hall–Kier alpha value is -0.0300. The molecule has 0 aromatic carbocycles. The average Bonchev–Trinajstić information content (AvgIpc) is 3.04. The molecule has 2 aliphatic rings. The summed E-state index contributed by atoms with van der Waals surface area (Å²) < 4.78 is 0. The number of hydrogen-bond acceptors (Lipinski definition) is 3. The van der Waals surface area contributed by atoms with Gasteiger partial charge in [0, 0.05) is 31.6 Å². The topological polar surface area (TPSA) is 58.4 Å². The first-order valence-corrected chi connectivity index (χ1v) is 6.91. The molecule has 19 heavy (non-hydrogen) atoms. The van der Waals surface area contributed by atoms with Gasteiger partial charge in [-0.1, -0.05) is 0 Å². The van der Waals surface area contributed by atoms with E-state index in [4.69, 9.17) is 5.73 Å². The van der Waals surface area contributed by atoms with Crippen molar-refractivity contribution in [2.24, 2.45) is 11.7 Å². The van der Waals surface area contributed by atoms with Gasteiger partial charge in [0.15, 0.2) is 0 Å². The van der Waals surface area contributed by atoms with Crippen LogP contribution in [0.2, 0.25) is 0 Å². The summed E-state index contributed by atoms with van der Waals surface area (Å²) in [5.74, 6) is 0.821. The molecule has 6 heteroatoms. The Balaban J connectivity index is 0.00000162.